The molecular weight excluding hydrogens is 781 g/mol. The number of carbonyl (C=O) groups excluding carboxylic acids is 3. The Morgan fingerprint density at radius 1 is 0.333 bits per heavy atom. The van der Waals surface area contributed by atoms with Crippen molar-refractivity contribution in [3.63, 3.8) is 0 Å². The summed E-state index contributed by atoms with van der Waals surface area (Å²) in [6.07, 6.45) is 63.4. The van der Waals surface area contributed by atoms with Gasteiger partial charge in [0.15, 0.2) is 6.10 Å². The van der Waals surface area contributed by atoms with E-state index >= 15 is 0 Å². The molecule has 0 heterocycles. The molecule has 6 heteroatoms. The molecule has 0 radical (unpaired) electrons. The molecule has 0 saturated carbocycles. The van der Waals surface area contributed by atoms with E-state index in [1.54, 1.807) is 0 Å². The van der Waals surface area contributed by atoms with Gasteiger partial charge in [0.25, 0.3) is 0 Å². The van der Waals surface area contributed by atoms with Crippen molar-refractivity contribution >= 4 is 17.9 Å². The molecular formula is C57H100O6. The van der Waals surface area contributed by atoms with Gasteiger partial charge in [0.05, 0.1) is 0 Å². The van der Waals surface area contributed by atoms with Gasteiger partial charge < -0.3 is 14.2 Å². The zero-order valence-corrected chi connectivity index (χ0v) is 41.6. The smallest absolute Gasteiger partial charge is 0.306 e. The number of carbonyl (C=O) groups is 3. The largest absolute Gasteiger partial charge is 0.462 e. The molecule has 0 aromatic carbocycles. The van der Waals surface area contributed by atoms with Crippen molar-refractivity contribution in [3.8, 4) is 0 Å². The van der Waals surface area contributed by atoms with Gasteiger partial charge in [0, 0.05) is 19.3 Å². The summed E-state index contributed by atoms with van der Waals surface area (Å²) in [5.41, 5.74) is 0. The first kappa shape index (κ1) is 60.1. The highest BCUT2D eigenvalue weighted by atomic mass is 16.6. The van der Waals surface area contributed by atoms with E-state index < -0.39 is 6.10 Å². The average Bonchev–Trinajstić information content (AvgIpc) is 3.28. The minimum Gasteiger partial charge on any atom is -0.462 e. The summed E-state index contributed by atoms with van der Waals surface area (Å²) >= 11 is 0. The lowest BCUT2D eigenvalue weighted by atomic mass is 10.1. The summed E-state index contributed by atoms with van der Waals surface area (Å²) < 4.78 is 16.8. The highest BCUT2D eigenvalue weighted by Gasteiger charge is 2.19. The fraction of sp³-hybridized carbons (Fsp3) is 0.772. The van der Waals surface area contributed by atoms with Crippen molar-refractivity contribution in [2.45, 2.75) is 271 Å². The molecule has 0 bridgehead atoms. The van der Waals surface area contributed by atoms with Gasteiger partial charge in [-0.3, -0.25) is 14.4 Å². The molecule has 63 heavy (non-hydrogen) atoms. The van der Waals surface area contributed by atoms with Crippen LogP contribution in [0.2, 0.25) is 0 Å². The molecule has 0 aliphatic heterocycles. The zero-order valence-electron chi connectivity index (χ0n) is 41.6. The first-order valence-electron chi connectivity index (χ1n) is 26.8. The maximum Gasteiger partial charge on any atom is 0.306 e. The van der Waals surface area contributed by atoms with Crippen LogP contribution >= 0.6 is 0 Å². The zero-order chi connectivity index (χ0) is 45.8. The summed E-state index contributed by atoms with van der Waals surface area (Å²) in [5.74, 6) is -0.903. The molecule has 0 aromatic heterocycles. The maximum absolute atomic E-state index is 12.8. The van der Waals surface area contributed by atoms with Crippen LogP contribution in [0.4, 0.5) is 0 Å². The topological polar surface area (TPSA) is 78.9 Å². The van der Waals surface area contributed by atoms with Crippen LogP contribution in [-0.4, -0.2) is 37.2 Å². The Bertz CT molecular complexity index is 1150. The predicted octanol–water partition coefficient (Wildman–Crippen LogP) is 17.6. The lowest BCUT2D eigenvalue weighted by molar-refractivity contribution is -0.167. The first-order valence-corrected chi connectivity index (χ1v) is 26.8. The van der Waals surface area contributed by atoms with Crippen LogP contribution in [0.25, 0.3) is 0 Å². The molecule has 0 aromatic rings. The van der Waals surface area contributed by atoms with Crippen molar-refractivity contribution in [2.24, 2.45) is 0 Å². The van der Waals surface area contributed by atoms with Gasteiger partial charge in [0.1, 0.15) is 13.2 Å². The highest BCUT2D eigenvalue weighted by molar-refractivity contribution is 5.71. The van der Waals surface area contributed by atoms with Gasteiger partial charge in [0.2, 0.25) is 0 Å². The number of allylic oxidation sites excluding steroid dienone is 10. The molecule has 0 aliphatic rings. The summed E-state index contributed by atoms with van der Waals surface area (Å²) in [5, 5.41) is 0. The minimum atomic E-state index is -0.784. The third-order valence-corrected chi connectivity index (χ3v) is 11.5. The Morgan fingerprint density at radius 2 is 0.619 bits per heavy atom. The van der Waals surface area contributed by atoms with Gasteiger partial charge >= 0.3 is 17.9 Å². The second-order valence-electron chi connectivity index (χ2n) is 17.7. The molecule has 364 valence electrons. The molecule has 0 N–H and O–H groups in total. The third kappa shape index (κ3) is 50.0. The van der Waals surface area contributed by atoms with Crippen LogP contribution < -0.4 is 0 Å². The fourth-order valence-electron chi connectivity index (χ4n) is 7.45. The van der Waals surface area contributed by atoms with Gasteiger partial charge in [-0.1, -0.05) is 204 Å². The summed E-state index contributed by atoms with van der Waals surface area (Å²) in [6.45, 7) is 6.49. The monoisotopic (exact) mass is 881 g/mol. The number of hydrogen-bond acceptors (Lipinski definition) is 6. The lowest BCUT2D eigenvalue weighted by Crippen LogP contribution is -2.30. The van der Waals surface area contributed by atoms with E-state index in [2.05, 4.69) is 81.5 Å². The second-order valence-corrected chi connectivity index (χ2v) is 17.7. The van der Waals surface area contributed by atoms with Crippen LogP contribution in [0, 0.1) is 0 Å². The van der Waals surface area contributed by atoms with Crippen LogP contribution in [-0.2, 0) is 28.6 Å². The molecule has 0 rings (SSSR count). The summed E-state index contributed by atoms with van der Waals surface area (Å²) in [6, 6.07) is 0. The van der Waals surface area contributed by atoms with Crippen molar-refractivity contribution in [1.82, 2.24) is 0 Å². The SMILES string of the molecule is CC/C=C\C/C=C\C/C=C\CCCCCCCC(=O)OC[C@H](COC(=O)CCCCCCCCC/C=C\CCCCCC)OC(=O)CCCCCCCCC/C=C\CCCCCC. The standard InChI is InChI=1S/C57H100O6/c1-4-7-10-13-16-19-22-25-28-31-34-37-40-43-46-49-55(58)61-52-54(63-57(60)51-48-45-42-39-36-33-30-27-24-21-18-15-12-9-6-3)53-62-56(59)50-47-44-41-38-35-32-29-26-23-20-17-14-11-8-5-2/h7,10,16,19-21,23-25,28,54H,4-6,8-9,11-15,17-18,22,26-27,29-53H2,1-3H3/b10-7-,19-16-,23-20-,24-21-,28-25-/t54-/m1/s1. The van der Waals surface area contributed by atoms with Gasteiger partial charge in [-0.2, -0.15) is 0 Å². The van der Waals surface area contributed by atoms with Gasteiger partial charge in [-0.05, 0) is 103 Å². The molecule has 0 unspecified atom stereocenters. The third-order valence-electron chi connectivity index (χ3n) is 11.5. The lowest BCUT2D eigenvalue weighted by Gasteiger charge is -2.18. The Balaban J connectivity index is 4.41. The number of ether oxygens (including phenoxy) is 3. The van der Waals surface area contributed by atoms with Crippen LogP contribution in [0.5, 0.6) is 0 Å². The molecule has 0 saturated heterocycles. The Labute approximate surface area is 390 Å². The van der Waals surface area contributed by atoms with E-state index in [0.29, 0.717) is 19.3 Å². The quantitative estimate of drug-likeness (QED) is 0.0262. The number of unbranched alkanes of at least 4 members (excludes halogenated alkanes) is 27. The highest BCUT2D eigenvalue weighted by Crippen LogP contribution is 2.15. The first-order chi connectivity index (χ1) is 31.0. The predicted molar refractivity (Wildman–Crippen MR) is 270 cm³/mol. The van der Waals surface area contributed by atoms with Gasteiger partial charge in [-0.15, -0.1) is 0 Å². The Hall–Kier alpha value is -2.89. The van der Waals surface area contributed by atoms with Crippen LogP contribution in [0.15, 0.2) is 60.8 Å². The van der Waals surface area contributed by atoms with E-state index in [-0.39, 0.29) is 31.1 Å². The number of rotatable bonds is 48. The van der Waals surface area contributed by atoms with E-state index in [9.17, 15) is 14.4 Å². The summed E-state index contributed by atoms with van der Waals surface area (Å²) in [4.78, 5) is 38.0. The normalized spacial score (nSPS) is 12.5. The van der Waals surface area contributed by atoms with E-state index in [1.807, 2.05) is 0 Å². The van der Waals surface area contributed by atoms with Crippen LogP contribution in [0.3, 0.4) is 0 Å². The molecule has 0 fully saturated rings. The van der Waals surface area contributed by atoms with Crippen LogP contribution in [0.1, 0.15) is 265 Å². The Kier molecular flexibility index (Phi) is 49.4. The molecule has 1 atom stereocenters. The molecule has 0 aliphatic carbocycles. The van der Waals surface area contributed by atoms with E-state index in [4.69, 9.17) is 14.2 Å². The minimum absolute atomic E-state index is 0.0832. The Morgan fingerprint density at radius 3 is 0.984 bits per heavy atom. The molecule has 6 nitrogen and oxygen atoms in total. The van der Waals surface area contributed by atoms with Crippen molar-refractivity contribution < 1.29 is 28.6 Å². The van der Waals surface area contributed by atoms with Crippen molar-refractivity contribution in [1.29, 1.82) is 0 Å². The van der Waals surface area contributed by atoms with Crippen molar-refractivity contribution in [2.75, 3.05) is 13.2 Å². The maximum atomic E-state index is 12.8. The number of esters is 3. The van der Waals surface area contributed by atoms with E-state index in [1.165, 1.54) is 128 Å². The van der Waals surface area contributed by atoms with E-state index in [0.717, 1.165) is 96.3 Å². The fourth-order valence-corrected chi connectivity index (χ4v) is 7.45. The second kappa shape index (κ2) is 51.7. The van der Waals surface area contributed by atoms with Gasteiger partial charge in [-0.25, -0.2) is 0 Å². The number of hydrogen-bond donors (Lipinski definition) is 0. The molecule has 0 spiro atoms. The average molecular weight is 881 g/mol. The van der Waals surface area contributed by atoms with Crippen molar-refractivity contribution in [3.05, 3.63) is 60.8 Å². The molecule has 0 amide bonds. The summed E-state index contributed by atoms with van der Waals surface area (Å²) in [7, 11) is 0.